The van der Waals surface area contributed by atoms with Gasteiger partial charge in [0.1, 0.15) is 11.5 Å². The van der Waals surface area contributed by atoms with Gasteiger partial charge in [-0.2, -0.15) is 0 Å². The lowest BCUT2D eigenvalue weighted by Gasteiger charge is -2.18. The van der Waals surface area contributed by atoms with Crippen LogP contribution in [0.2, 0.25) is 0 Å². The Hall–Kier alpha value is -3.02. The van der Waals surface area contributed by atoms with Gasteiger partial charge in [0.2, 0.25) is 0 Å². The molecule has 6 nitrogen and oxygen atoms in total. The second kappa shape index (κ2) is 12.4. The maximum absolute atomic E-state index is 12.2. The monoisotopic (exact) mass is 399 g/mol. The first-order valence-corrected chi connectivity index (χ1v) is 9.98. The highest BCUT2D eigenvalue weighted by molar-refractivity contribution is 5.80. The van der Waals surface area contributed by atoms with E-state index in [4.69, 9.17) is 14.2 Å². The third kappa shape index (κ3) is 8.25. The van der Waals surface area contributed by atoms with E-state index in [9.17, 15) is 9.59 Å². The van der Waals surface area contributed by atoms with Gasteiger partial charge in [-0.25, -0.2) is 0 Å². The summed E-state index contributed by atoms with van der Waals surface area (Å²) in [5.74, 6) is 0.623. The van der Waals surface area contributed by atoms with Gasteiger partial charge < -0.3 is 19.5 Å². The van der Waals surface area contributed by atoms with E-state index in [1.807, 2.05) is 37.3 Å². The fourth-order valence-electron chi connectivity index (χ4n) is 2.80. The van der Waals surface area contributed by atoms with Gasteiger partial charge in [-0.3, -0.25) is 9.59 Å². The van der Waals surface area contributed by atoms with Crippen LogP contribution < -0.4 is 14.8 Å². The number of rotatable bonds is 12. The van der Waals surface area contributed by atoms with Crippen molar-refractivity contribution in [1.29, 1.82) is 0 Å². The zero-order valence-corrected chi connectivity index (χ0v) is 17.1. The number of ether oxygens (including phenoxy) is 3. The number of hydrogen-bond donors (Lipinski definition) is 1. The lowest BCUT2D eigenvalue weighted by molar-refractivity contribution is -0.149. The molecule has 1 unspecified atom stereocenters. The minimum atomic E-state index is -0.474. The van der Waals surface area contributed by atoms with Crippen LogP contribution >= 0.6 is 0 Å². The smallest absolute Gasteiger partial charge is 0.309 e. The van der Waals surface area contributed by atoms with Crippen LogP contribution in [0.1, 0.15) is 44.7 Å². The molecular formula is C23H29NO5. The van der Waals surface area contributed by atoms with Gasteiger partial charge in [0, 0.05) is 0 Å². The Labute approximate surface area is 172 Å². The second-order valence-corrected chi connectivity index (χ2v) is 6.48. The van der Waals surface area contributed by atoms with Crippen molar-refractivity contribution in [2.24, 2.45) is 0 Å². The highest BCUT2D eigenvalue weighted by Crippen LogP contribution is 2.18. The van der Waals surface area contributed by atoms with Crippen LogP contribution in [0.5, 0.6) is 11.5 Å². The van der Waals surface area contributed by atoms with Gasteiger partial charge in [-0.1, -0.05) is 43.7 Å². The van der Waals surface area contributed by atoms with E-state index in [0.717, 1.165) is 24.2 Å². The van der Waals surface area contributed by atoms with Crippen molar-refractivity contribution in [3.8, 4) is 11.5 Å². The Morgan fingerprint density at radius 2 is 1.59 bits per heavy atom. The van der Waals surface area contributed by atoms with E-state index in [-0.39, 0.29) is 31.6 Å². The molecule has 0 radical (unpaired) electrons. The summed E-state index contributed by atoms with van der Waals surface area (Å²) < 4.78 is 15.9. The van der Waals surface area contributed by atoms with Crippen LogP contribution in [0, 0.1) is 0 Å². The third-order valence-corrected chi connectivity index (χ3v) is 4.19. The summed E-state index contributed by atoms with van der Waals surface area (Å²) in [6.45, 7) is 4.46. The van der Waals surface area contributed by atoms with Gasteiger partial charge in [-0.05, 0) is 43.2 Å². The summed E-state index contributed by atoms with van der Waals surface area (Å²) in [7, 11) is 0. The minimum absolute atomic E-state index is 0.0670. The van der Waals surface area contributed by atoms with Crippen molar-refractivity contribution in [3.63, 3.8) is 0 Å². The largest absolute Gasteiger partial charge is 0.494 e. The maximum Gasteiger partial charge on any atom is 0.309 e. The molecule has 156 valence electrons. The van der Waals surface area contributed by atoms with Crippen molar-refractivity contribution < 1.29 is 23.8 Å². The molecule has 2 aromatic carbocycles. The van der Waals surface area contributed by atoms with Crippen LogP contribution in [-0.2, 0) is 14.3 Å². The first-order valence-electron chi connectivity index (χ1n) is 9.98. The lowest BCUT2D eigenvalue weighted by Crippen LogP contribution is -2.32. The molecule has 2 aromatic rings. The summed E-state index contributed by atoms with van der Waals surface area (Å²) in [5.41, 5.74) is 1.04. The number of hydrogen-bond acceptors (Lipinski definition) is 5. The average Bonchev–Trinajstić information content (AvgIpc) is 2.74. The Morgan fingerprint density at radius 3 is 2.21 bits per heavy atom. The van der Waals surface area contributed by atoms with Crippen LogP contribution in [0.15, 0.2) is 54.6 Å². The van der Waals surface area contributed by atoms with E-state index >= 15 is 0 Å². The molecule has 0 bridgehead atoms. The molecule has 0 aliphatic rings. The van der Waals surface area contributed by atoms with Crippen molar-refractivity contribution in [2.45, 2.75) is 39.2 Å². The zero-order valence-electron chi connectivity index (χ0n) is 17.1. The molecule has 0 aliphatic carbocycles. The summed E-state index contributed by atoms with van der Waals surface area (Å²) in [4.78, 5) is 24.0. The Bertz CT molecular complexity index is 746. The molecule has 0 aromatic heterocycles. The van der Waals surface area contributed by atoms with Crippen molar-refractivity contribution in [1.82, 2.24) is 5.32 Å². The Kier molecular flexibility index (Phi) is 9.55. The fourth-order valence-corrected chi connectivity index (χ4v) is 2.80. The van der Waals surface area contributed by atoms with Gasteiger partial charge >= 0.3 is 5.97 Å². The van der Waals surface area contributed by atoms with E-state index in [1.165, 1.54) is 0 Å². The van der Waals surface area contributed by atoms with E-state index in [2.05, 4.69) is 12.2 Å². The molecule has 1 N–H and O–H groups in total. The first-order chi connectivity index (χ1) is 14.1. The van der Waals surface area contributed by atoms with Crippen molar-refractivity contribution in [3.05, 3.63) is 60.2 Å². The van der Waals surface area contributed by atoms with Crippen molar-refractivity contribution >= 4 is 11.9 Å². The van der Waals surface area contributed by atoms with E-state index in [1.54, 1.807) is 24.3 Å². The minimum Gasteiger partial charge on any atom is -0.494 e. The molecule has 2 rings (SSSR count). The van der Waals surface area contributed by atoms with Crippen LogP contribution in [0.4, 0.5) is 0 Å². The number of nitrogens with one attached hydrogen (secondary N) is 1. The second-order valence-electron chi connectivity index (χ2n) is 6.48. The van der Waals surface area contributed by atoms with E-state index in [0.29, 0.717) is 12.4 Å². The van der Waals surface area contributed by atoms with Crippen LogP contribution in [-0.4, -0.2) is 31.7 Å². The highest BCUT2D eigenvalue weighted by Gasteiger charge is 2.15. The standard InChI is InChI=1S/C23H29NO5/c1-3-8-21(18-9-6-5-7-10-18)24-22(25)17-29-23(26)15-16-28-20-13-11-19(12-14-20)27-4-2/h5-7,9-14,21H,3-4,8,15-17H2,1-2H3,(H,24,25). The summed E-state index contributed by atoms with van der Waals surface area (Å²) >= 11 is 0. The van der Waals surface area contributed by atoms with Gasteiger partial charge in [-0.15, -0.1) is 0 Å². The molecule has 29 heavy (non-hydrogen) atoms. The summed E-state index contributed by atoms with van der Waals surface area (Å²) in [6, 6.07) is 16.9. The molecule has 0 aliphatic heterocycles. The zero-order chi connectivity index (χ0) is 20.9. The highest BCUT2D eigenvalue weighted by atomic mass is 16.5. The quantitative estimate of drug-likeness (QED) is 0.545. The number of carbonyl (C=O) groups is 2. The molecular weight excluding hydrogens is 370 g/mol. The SMILES string of the molecule is CCCC(NC(=O)COC(=O)CCOc1ccc(OCC)cc1)c1ccccc1. The molecule has 0 heterocycles. The molecule has 0 fully saturated rings. The number of amides is 1. The predicted molar refractivity (Wildman–Crippen MR) is 111 cm³/mol. The molecule has 1 amide bonds. The van der Waals surface area contributed by atoms with E-state index < -0.39 is 5.97 Å². The summed E-state index contributed by atoms with van der Waals surface area (Å²) in [5, 5.41) is 2.93. The Balaban J connectivity index is 1.69. The number of carbonyl (C=O) groups excluding carboxylic acids is 2. The lowest BCUT2D eigenvalue weighted by atomic mass is 10.0. The van der Waals surface area contributed by atoms with Crippen LogP contribution in [0.25, 0.3) is 0 Å². The molecule has 6 heteroatoms. The summed E-state index contributed by atoms with van der Waals surface area (Å²) in [6.07, 6.45) is 1.82. The topological polar surface area (TPSA) is 73.9 Å². The molecule has 0 saturated carbocycles. The third-order valence-electron chi connectivity index (χ3n) is 4.19. The maximum atomic E-state index is 12.2. The number of benzene rings is 2. The fraction of sp³-hybridized carbons (Fsp3) is 0.391. The molecule has 1 atom stereocenters. The van der Waals surface area contributed by atoms with Gasteiger partial charge in [0.25, 0.3) is 5.91 Å². The Morgan fingerprint density at radius 1 is 0.931 bits per heavy atom. The average molecular weight is 399 g/mol. The number of esters is 1. The first kappa shape index (κ1) is 22.3. The normalized spacial score (nSPS) is 11.4. The molecule has 0 saturated heterocycles. The van der Waals surface area contributed by atoms with Crippen LogP contribution in [0.3, 0.4) is 0 Å². The van der Waals surface area contributed by atoms with Gasteiger partial charge in [0.05, 0.1) is 25.7 Å². The van der Waals surface area contributed by atoms with Gasteiger partial charge in [0.15, 0.2) is 6.61 Å². The molecule has 0 spiro atoms. The predicted octanol–water partition coefficient (Wildman–Crippen LogP) is 4.06. The van der Waals surface area contributed by atoms with Crippen molar-refractivity contribution in [2.75, 3.05) is 19.8 Å².